The van der Waals surface area contributed by atoms with Gasteiger partial charge in [0.15, 0.2) is 5.82 Å². The Morgan fingerprint density at radius 3 is 2.94 bits per heavy atom. The highest BCUT2D eigenvalue weighted by Gasteiger charge is 2.15. The fourth-order valence-electron chi connectivity index (χ4n) is 2.12. The number of thiocarbonyl (C=S) groups is 1. The summed E-state index contributed by atoms with van der Waals surface area (Å²) in [7, 11) is 0. The molecular formula is C11H16N4S. The number of nitrogens with two attached hydrogens (primary N) is 1. The van der Waals surface area contributed by atoms with Crippen LogP contribution in [0.4, 0.5) is 5.82 Å². The minimum Gasteiger partial charge on any atom is -0.389 e. The zero-order chi connectivity index (χ0) is 11.4. The van der Waals surface area contributed by atoms with E-state index in [1.54, 1.807) is 12.3 Å². The van der Waals surface area contributed by atoms with Crippen molar-refractivity contribution in [1.29, 1.82) is 0 Å². The first kappa shape index (κ1) is 11.3. The van der Waals surface area contributed by atoms with E-state index in [1.165, 1.54) is 25.7 Å². The Balaban J connectivity index is 2.00. The first-order valence-electron chi connectivity index (χ1n) is 5.62. The summed E-state index contributed by atoms with van der Waals surface area (Å²) in [6.45, 7) is 0.939. The van der Waals surface area contributed by atoms with Crippen LogP contribution >= 0.6 is 12.2 Å². The van der Waals surface area contributed by atoms with Gasteiger partial charge in [0.05, 0.1) is 11.8 Å². The molecule has 1 aliphatic rings. The number of aromatic nitrogens is 2. The van der Waals surface area contributed by atoms with Crippen LogP contribution in [0.15, 0.2) is 12.3 Å². The molecule has 86 valence electrons. The average Bonchev–Trinajstić information content (AvgIpc) is 2.79. The summed E-state index contributed by atoms with van der Waals surface area (Å²) in [5, 5.41) is 11.2. The van der Waals surface area contributed by atoms with Gasteiger partial charge >= 0.3 is 0 Å². The lowest BCUT2D eigenvalue weighted by Crippen LogP contribution is -2.18. The van der Waals surface area contributed by atoms with Crippen LogP contribution in [0.2, 0.25) is 0 Å². The van der Waals surface area contributed by atoms with Crippen molar-refractivity contribution in [3.8, 4) is 0 Å². The van der Waals surface area contributed by atoms with Crippen molar-refractivity contribution in [2.24, 2.45) is 11.7 Å². The summed E-state index contributed by atoms with van der Waals surface area (Å²) in [6.07, 6.45) is 6.89. The standard InChI is InChI=1S/C11H16N4S/c12-10(16)9-5-6-14-15-11(9)13-7-8-3-1-2-4-8/h5-6,8H,1-4,7H2,(H2,12,16)(H,13,15). The minimum absolute atomic E-state index is 0.365. The zero-order valence-corrected chi connectivity index (χ0v) is 9.96. The average molecular weight is 236 g/mol. The summed E-state index contributed by atoms with van der Waals surface area (Å²) < 4.78 is 0. The summed E-state index contributed by atoms with van der Waals surface area (Å²) >= 11 is 4.97. The topological polar surface area (TPSA) is 63.8 Å². The van der Waals surface area contributed by atoms with Crippen LogP contribution in [0.3, 0.4) is 0 Å². The molecule has 1 heterocycles. The maximum atomic E-state index is 5.62. The molecule has 3 N–H and O–H groups in total. The lowest BCUT2D eigenvalue weighted by Gasteiger charge is -2.12. The van der Waals surface area contributed by atoms with Gasteiger partial charge in [-0.05, 0) is 24.8 Å². The molecule has 0 unspecified atom stereocenters. The molecule has 0 amide bonds. The van der Waals surface area contributed by atoms with E-state index in [4.69, 9.17) is 18.0 Å². The second-order valence-corrected chi connectivity index (χ2v) is 4.63. The molecule has 0 spiro atoms. The summed E-state index contributed by atoms with van der Waals surface area (Å²) in [5.74, 6) is 1.46. The largest absolute Gasteiger partial charge is 0.389 e. The predicted molar refractivity (Wildman–Crippen MR) is 68.4 cm³/mol. The third kappa shape index (κ3) is 2.66. The molecule has 0 aromatic carbocycles. The number of rotatable bonds is 4. The van der Waals surface area contributed by atoms with Gasteiger partial charge in [-0.25, -0.2) is 0 Å². The second-order valence-electron chi connectivity index (χ2n) is 4.19. The number of nitrogens with zero attached hydrogens (tertiary/aromatic N) is 2. The van der Waals surface area contributed by atoms with Crippen molar-refractivity contribution in [1.82, 2.24) is 10.2 Å². The molecule has 1 aromatic heterocycles. The molecule has 1 aromatic rings. The van der Waals surface area contributed by atoms with E-state index in [-0.39, 0.29) is 0 Å². The van der Waals surface area contributed by atoms with E-state index in [2.05, 4.69) is 15.5 Å². The number of anilines is 1. The molecule has 1 saturated carbocycles. The van der Waals surface area contributed by atoms with Crippen LogP contribution < -0.4 is 11.1 Å². The number of nitrogens with one attached hydrogen (secondary N) is 1. The molecular weight excluding hydrogens is 220 g/mol. The van der Waals surface area contributed by atoms with Gasteiger partial charge < -0.3 is 11.1 Å². The molecule has 1 aliphatic carbocycles. The Kier molecular flexibility index (Phi) is 3.66. The van der Waals surface area contributed by atoms with Crippen LogP contribution in [0.5, 0.6) is 0 Å². The SMILES string of the molecule is NC(=S)c1ccnnc1NCC1CCCC1. The van der Waals surface area contributed by atoms with Crippen molar-refractivity contribution in [3.05, 3.63) is 17.8 Å². The van der Waals surface area contributed by atoms with Gasteiger partial charge in [0.1, 0.15) is 4.99 Å². The predicted octanol–water partition coefficient (Wildman–Crippen LogP) is 1.71. The Hall–Kier alpha value is -1.23. The second kappa shape index (κ2) is 5.21. The zero-order valence-electron chi connectivity index (χ0n) is 9.15. The van der Waals surface area contributed by atoms with Crippen LogP contribution in [-0.4, -0.2) is 21.7 Å². The van der Waals surface area contributed by atoms with Gasteiger partial charge in [0.2, 0.25) is 0 Å². The van der Waals surface area contributed by atoms with E-state index in [0.717, 1.165) is 18.0 Å². The molecule has 1 fully saturated rings. The van der Waals surface area contributed by atoms with Crippen molar-refractivity contribution in [2.75, 3.05) is 11.9 Å². The van der Waals surface area contributed by atoms with Gasteiger partial charge in [-0.1, -0.05) is 25.1 Å². The molecule has 0 aliphatic heterocycles. The third-order valence-electron chi connectivity index (χ3n) is 3.02. The molecule has 5 heteroatoms. The highest BCUT2D eigenvalue weighted by atomic mass is 32.1. The van der Waals surface area contributed by atoms with Gasteiger partial charge in [-0.15, -0.1) is 5.10 Å². The van der Waals surface area contributed by atoms with Crippen LogP contribution in [-0.2, 0) is 0 Å². The summed E-state index contributed by atoms with van der Waals surface area (Å²) in [4.78, 5) is 0.365. The van der Waals surface area contributed by atoms with Gasteiger partial charge in [-0.3, -0.25) is 0 Å². The van der Waals surface area contributed by atoms with Crippen LogP contribution in [0.25, 0.3) is 0 Å². The Labute approximate surface area is 101 Å². The Morgan fingerprint density at radius 2 is 2.25 bits per heavy atom. The number of hydrogen-bond acceptors (Lipinski definition) is 4. The van der Waals surface area contributed by atoms with Crippen LogP contribution in [0.1, 0.15) is 31.2 Å². The van der Waals surface area contributed by atoms with E-state index < -0.39 is 0 Å². The van der Waals surface area contributed by atoms with Crippen molar-refractivity contribution in [3.63, 3.8) is 0 Å². The Bertz CT molecular complexity index is 374. The molecule has 0 bridgehead atoms. The lowest BCUT2D eigenvalue weighted by molar-refractivity contribution is 0.578. The van der Waals surface area contributed by atoms with E-state index in [9.17, 15) is 0 Å². The molecule has 0 atom stereocenters. The molecule has 2 rings (SSSR count). The number of hydrogen-bond donors (Lipinski definition) is 2. The smallest absolute Gasteiger partial charge is 0.158 e. The first-order chi connectivity index (χ1) is 7.77. The summed E-state index contributed by atoms with van der Waals surface area (Å²) in [5.41, 5.74) is 6.40. The fraction of sp³-hybridized carbons (Fsp3) is 0.545. The molecule has 0 saturated heterocycles. The summed E-state index contributed by atoms with van der Waals surface area (Å²) in [6, 6.07) is 1.80. The maximum Gasteiger partial charge on any atom is 0.158 e. The molecule has 0 radical (unpaired) electrons. The highest BCUT2D eigenvalue weighted by Crippen LogP contribution is 2.25. The third-order valence-corrected chi connectivity index (χ3v) is 3.24. The molecule has 16 heavy (non-hydrogen) atoms. The molecule has 4 nitrogen and oxygen atoms in total. The lowest BCUT2D eigenvalue weighted by atomic mass is 10.1. The highest BCUT2D eigenvalue weighted by molar-refractivity contribution is 7.80. The fourth-order valence-corrected chi connectivity index (χ4v) is 2.28. The van der Waals surface area contributed by atoms with Gasteiger partial charge in [0, 0.05) is 6.54 Å². The van der Waals surface area contributed by atoms with E-state index in [0.29, 0.717) is 10.8 Å². The maximum absolute atomic E-state index is 5.62. The van der Waals surface area contributed by atoms with Crippen molar-refractivity contribution >= 4 is 23.0 Å². The Morgan fingerprint density at radius 1 is 1.50 bits per heavy atom. The van der Waals surface area contributed by atoms with Gasteiger partial charge in [0.25, 0.3) is 0 Å². The normalized spacial score (nSPS) is 16.2. The van der Waals surface area contributed by atoms with Crippen molar-refractivity contribution < 1.29 is 0 Å². The van der Waals surface area contributed by atoms with E-state index in [1.807, 2.05) is 0 Å². The van der Waals surface area contributed by atoms with E-state index >= 15 is 0 Å². The van der Waals surface area contributed by atoms with Crippen molar-refractivity contribution in [2.45, 2.75) is 25.7 Å². The monoisotopic (exact) mass is 236 g/mol. The first-order valence-corrected chi connectivity index (χ1v) is 6.03. The quantitative estimate of drug-likeness (QED) is 0.779. The van der Waals surface area contributed by atoms with Gasteiger partial charge in [-0.2, -0.15) is 5.10 Å². The van der Waals surface area contributed by atoms with Crippen LogP contribution in [0, 0.1) is 5.92 Å². The minimum atomic E-state index is 0.365.